The number of methoxy groups -OCH3 is 2. The van der Waals surface area contributed by atoms with Crippen LogP contribution in [-0.2, 0) is 0 Å². The maximum Gasteiger partial charge on any atom is 0.161 e. The van der Waals surface area contributed by atoms with Gasteiger partial charge in [0.25, 0.3) is 0 Å². The lowest BCUT2D eigenvalue weighted by Gasteiger charge is -2.25. The highest BCUT2D eigenvalue weighted by Gasteiger charge is 2.26. The third-order valence-electron chi connectivity index (χ3n) is 3.53. The van der Waals surface area contributed by atoms with Gasteiger partial charge in [0.05, 0.1) is 14.2 Å². The predicted octanol–water partition coefficient (Wildman–Crippen LogP) is 3.59. The first-order chi connectivity index (χ1) is 9.15. The summed E-state index contributed by atoms with van der Waals surface area (Å²) >= 11 is 5.94. The van der Waals surface area contributed by atoms with Crippen molar-refractivity contribution < 1.29 is 9.47 Å². The first kappa shape index (κ1) is 14.2. The number of benzene rings is 1. The Hall–Kier alpha value is -1.19. The smallest absolute Gasteiger partial charge is 0.161 e. The maximum atomic E-state index is 5.94. The Kier molecular flexibility index (Phi) is 4.72. The molecule has 0 aliphatic carbocycles. The van der Waals surface area contributed by atoms with Gasteiger partial charge in [0.15, 0.2) is 11.5 Å². The zero-order chi connectivity index (χ0) is 13.8. The van der Waals surface area contributed by atoms with E-state index in [1.54, 1.807) is 14.2 Å². The van der Waals surface area contributed by atoms with E-state index in [0.29, 0.717) is 11.1 Å². The van der Waals surface area contributed by atoms with E-state index in [9.17, 15) is 0 Å². The lowest BCUT2D eigenvalue weighted by atomic mass is 10.0. The highest BCUT2D eigenvalue weighted by atomic mass is 35.5. The summed E-state index contributed by atoms with van der Waals surface area (Å²) < 4.78 is 10.6. The van der Waals surface area contributed by atoms with Crippen LogP contribution in [0.4, 0.5) is 0 Å². The number of likely N-dealkylation sites (tertiary alicyclic amines) is 1. The molecule has 1 saturated heterocycles. The van der Waals surface area contributed by atoms with Crippen molar-refractivity contribution in [2.75, 3.05) is 27.3 Å². The third kappa shape index (κ3) is 3.23. The van der Waals surface area contributed by atoms with E-state index in [1.807, 2.05) is 6.07 Å². The molecule has 4 heteroatoms. The normalized spacial score (nSPS) is 19.4. The molecule has 0 spiro atoms. The number of halogens is 1. The van der Waals surface area contributed by atoms with Gasteiger partial charge < -0.3 is 9.47 Å². The predicted molar refractivity (Wildman–Crippen MR) is 78.1 cm³/mol. The van der Waals surface area contributed by atoms with E-state index in [2.05, 4.69) is 23.6 Å². The molecule has 0 aromatic heterocycles. The molecule has 1 heterocycles. The van der Waals surface area contributed by atoms with Crippen molar-refractivity contribution in [3.05, 3.63) is 35.4 Å². The number of hydrogen-bond donors (Lipinski definition) is 0. The molecule has 1 aliphatic heterocycles. The van der Waals surface area contributed by atoms with Gasteiger partial charge in [0, 0.05) is 17.6 Å². The summed E-state index contributed by atoms with van der Waals surface area (Å²) in [6.45, 7) is 5.58. The van der Waals surface area contributed by atoms with Crippen LogP contribution in [0.5, 0.6) is 11.5 Å². The molecule has 1 aliphatic rings. The lowest BCUT2D eigenvalue weighted by molar-refractivity contribution is 0.282. The first-order valence-electron chi connectivity index (χ1n) is 6.45. The largest absolute Gasteiger partial charge is 0.493 e. The molecule has 19 heavy (non-hydrogen) atoms. The molecule has 1 aromatic rings. The average molecular weight is 282 g/mol. The highest BCUT2D eigenvalue weighted by molar-refractivity contribution is 6.29. The molecule has 0 N–H and O–H groups in total. The van der Waals surface area contributed by atoms with Crippen LogP contribution in [0.15, 0.2) is 29.8 Å². The molecule has 1 fully saturated rings. The molecule has 104 valence electrons. The van der Waals surface area contributed by atoms with Crippen molar-refractivity contribution in [3.8, 4) is 11.5 Å². The van der Waals surface area contributed by atoms with Crippen LogP contribution in [0.2, 0.25) is 0 Å². The first-order valence-corrected chi connectivity index (χ1v) is 6.82. The van der Waals surface area contributed by atoms with Gasteiger partial charge in [-0.3, -0.25) is 4.90 Å². The van der Waals surface area contributed by atoms with E-state index >= 15 is 0 Å². The average Bonchev–Trinajstić information content (AvgIpc) is 2.85. The summed E-state index contributed by atoms with van der Waals surface area (Å²) in [5.74, 6) is 1.54. The number of ether oxygens (including phenoxy) is 2. The SMILES string of the molecule is C=C(Cl)CN1CCCC1c1ccc(OC)c(OC)c1. The Morgan fingerprint density at radius 2 is 2.11 bits per heavy atom. The second-order valence-electron chi connectivity index (χ2n) is 4.76. The summed E-state index contributed by atoms with van der Waals surface area (Å²) in [5.41, 5.74) is 1.24. The van der Waals surface area contributed by atoms with E-state index in [4.69, 9.17) is 21.1 Å². The van der Waals surface area contributed by atoms with Crippen molar-refractivity contribution in [1.29, 1.82) is 0 Å². The fraction of sp³-hybridized carbons (Fsp3) is 0.467. The minimum atomic E-state index is 0.385. The summed E-state index contributed by atoms with van der Waals surface area (Å²) in [5, 5.41) is 0.687. The molecule has 0 bridgehead atoms. The minimum Gasteiger partial charge on any atom is -0.493 e. The number of nitrogens with zero attached hydrogens (tertiary/aromatic N) is 1. The highest BCUT2D eigenvalue weighted by Crippen LogP contribution is 2.37. The Balaban J connectivity index is 2.23. The third-order valence-corrected chi connectivity index (χ3v) is 3.65. The fourth-order valence-electron chi connectivity index (χ4n) is 2.67. The van der Waals surface area contributed by atoms with E-state index in [0.717, 1.165) is 31.0 Å². The van der Waals surface area contributed by atoms with E-state index in [1.165, 1.54) is 12.0 Å². The van der Waals surface area contributed by atoms with Crippen LogP contribution in [0.1, 0.15) is 24.4 Å². The molecule has 2 rings (SSSR count). The van der Waals surface area contributed by atoms with Gasteiger partial charge in [0.2, 0.25) is 0 Å². The second-order valence-corrected chi connectivity index (χ2v) is 5.29. The van der Waals surface area contributed by atoms with Crippen LogP contribution >= 0.6 is 11.6 Å². The van der Waals surface area contributed by atoms with Crippen LogP contribution in [0.25, 0.3) is 0 Å². The summed E-state index contributed by atoms with van der Waals surface area (Å²) in [6, 6.07) is 6.50. The Morgan fingerprint density at radius 1 is 1.37 bits per heavy atom. The molecule has 0 amide bonds. The molecular weight excluding hydrogens is 262 g/mol. The monoisotopic (exact) mass is 281 g/mol. The van der Waals surface area contributed by atoms with Crippen molar-refractivity contribution >= 4 is 11.6 Å². The van der Waals surface area contributed by atoms with Gasteiger partial charge in [-0.2, -0.15) is 0 Å². The summed E-state index contributed by atoms with van der Waals surface area (Å²) in [7, 11) is 3.31. The zero-order valence-corrected chi connectivity index (χ0v) is 12.2. The fourth-order valence-corrected chi connectivity index (χ4v) is 2.83. The van der Waals surface area contributed by atoms with Gasteiger partial charge in [-0.1, -0.05) is 24.2 Å². The minimum absolute atomic E-state index is 0.385. The number of rotatable bonds is 5. The summed E-state index contributed by atoms with van der Waals surface area (Å²) in [6.07, 6.45) is 2.32. The zero-order valence-electron chi connectivity index (χ0n) is 11.5. The quantitative estimate of drug-likeness (QED) is 0.823. The van der Waals surface area contributed by atoms with Crippen LogP contribution in [-0.4, -0.2) is 32.2 Å². The Bertz CT molecular complexity index is 461. The van der Waals surface area contributed by atoms with Crippen molar-refractivity contribution in [1.82, 2.24) is 4.90 Å². The van der Waals surface area contributed by atoms with E-state index in [-0.39, 0.29) is 0 Å². The van der Waals surface area contributed by atoms with Crippen molar-refractivity contribution in [2.24, 2.45) is 0 Å². The Labute approximate surface area is 119 Å². The van der Waals surface area contributed by atoms with Crippen LogP contribution in [0.3, 0.4) is 0 Å². The molecule has 0 radical (unpaired) electrons. The van der Waals surface area contributed by atoms with Gasteiger partial charge in [0.1, 0.15) is 0 Å². The topological polar surface area (TPSA) is 21.7 Å². The lowest BCUT2D eigenvalue weighted by Crippen LogP contribution is -2.24. The van der Waals surface area contributed by atoms with Crippen LogP contribution in [0, 0.1) is 0 Å². The van der Waals surface area contributed by atoms with Crippen molar-refractivity contribution in [2.45, 2.75) is 18.9 Å². The summed E-state index contributed by atoms with van der Waals surface area (Å²) in [4.78, 5) is 2.36. The van der Waals surface area contributed by atoms with Gasteiger partial charge in [-0.25, -0.2) is 0 Å². The van der Waals surface area contributed by atoms with Crippen LogP contribution < -0.4 is 9.47 Å². The van der Waals surface area contributed by atoms with Crippen molar-refractivity contribution in [3.63, 3.8) is 0 Å². The molecule has 1 atom stereocenters. The molecule has 1 unspecified atom stereocenters. The van der Waals surface area contributed by atoms with Gasteiger partial charge >= 0.3 is 0 Å². The number of hydrogen-bond acceptors (Lipinski definition) is 3. The Morgan fingerprint density at radius 3 is 2.74 bits per heavy atom. The molecule has 3 nitrogen and oxygen atoms in total. The van der Waals surface area contributed by atoms with E-state index < -0.39 is 0 Å². The second kappa shape index (κ2) is 6.31. The van der Waals surface area contributed by atoms with Gasteiger partial charge in [-0.15, -0.1) is 0 Å². The maximum absolute atomic E-state index is 5.94. The van der Waals surface area contributed by atoms with Gasteiger partial charge in [-0.05, 0) is 37.1 Å². The standard InChI is InChI=1S/C15H20ClNO2/c1-11(16)10-17-8-4-5-13(17)12-6-7-14(18-2)15(9-12)19-3/h6-7,9,13H,1,4-5,8,10H2,2-3H3. The molecule has 1 aromatic carbocycles. The molecule has 0 saturated carbocycles. The molecular formula is C15H20ClNO2.